The lowest BCUT2D eigenvalue weighted by molar-refractivity contribution is -0.122. The molecule has 118 valence electrons. The van der Waals surface area contributed by atoms with Crippen molar-refractivity contribution in [2.24, 2.45) is 5.73 Å². The van der Waals surface area contributed by atoms with Crippen LogP contribution in [0.2, 0.25) is 5.02 Å². The first-order valence-corrected chi connectivity index (χ1v) is 7.44. The van der Waals surface area contributed by atoms with Crippen LogP contribution in [0.5, 0.6) is 5.75 Å². The Labute approximate surface area is 136 Å². The Hall–Kier alpha value is -0.970. The van der Waals surface area contributed by atoms with Crippen LogP contribution in [0.3, 0.4) is 0 Å². The predicted octanol–water partition coefficient (Wildman–Crippen LogP) is 2.92. The molecule has 0 saturated heterocycles. The van der Waals surface area contributed by atoms with Gasteiger partial charge in [-0.1, -0.05) is 11.6 Å². The highest BCUT2D eigenvalue weighted by atomic mass is 35.5. The number of benzene rings is 1. The average Bonchev–Trinajstić information content (AvgIpc) is 2.44. The molecule has 1 aromatic carbocycles. The SMILES string of the molecule is Cl.NC1CCC(NC(=O)CCOc2ccc(Cl)cc2)CC1. The topological polar surface area (TPSA) is 64.3 Å². The molecule has 1 aliphatic rings. The van der Waals surface area contributed by atoms with E-state index >= 15 is 0 Å². The summed E-state index contributed by atoms with van der Waals surface area (Å²) in [4.78, 5) is 11.8. The summed E-state index contributed by atoms with van der Waals surface area (Å²) in [6.45, 7) is 0.375. The fraction of sp³-hybridized carbons (Fsp3) is 0.533. The highest BCUT2D eigenvalue weighted by Gasteiger charge is 2.19. The van der Waals surface area contributed by atoms with Crippen molar-refractivity contribution in [1.82, 2.24) is 5.32 Å². The molecule has 0 radical (unpaired) electrons. The molecule has 1 fully saturated rings. The first-order valence-electron chi connectivity index (χ1n) is 7.07. The van der Waals surface area contributed by atoms with Crippen LogP contribution in [0.25, 0.3) is 0 Å². The van der Waals surface area contributed by atoms with Gasteiger partial charge in [-0.25, -0.2) is 0 Å². The van der Waals surface area contributed by atoms with Crippen molar-refractivity contribution >= 4 is 29.9 Å². The van der Waals surface area contributed by atoms with Crippen molar-refractivity contribution in [2.45, 2.75) is 44.2 Å². The zero-order valence-corrected chi connectivity index (χ0v) is 13.5. The quantitative estimate of drug-likeness (QED) is 0.871. The van der Waals surface area contributed by atoms with E-state index < -0.39 is 0 Å². The summed E-state index contributed by atoms with van der Waals surface area (Å²) < 4.78 is 5.50. The normalized spacial score (nSPS) is 21.2. The third-order valence-electron chi connectivity index (χ3n) is 3.55. The summed E-state index contributed by atoms with van der Waals surface area (Å²) >= 11 is 5.79. The minimum absolute atomic E-state index is 0. The summed E-state index contributed by atoms with van der Waals surface area (Å²) in [6, 6.07) is 7.70. The molecule has 0 aliphatic heterocycles. The van der Waals surface area contributed by atoms with Crippen LogP contribution in [-0.4, -0.2) is 24.6 Å². The van der Waals surface area contributed by atoms with Gasteiger partial charge >= 0.3 is 0 Å². The van der Waals surface area contributed by atoms with Crippen molar-refractivity contribution in [2.75, 3.05) is 6.61 Å². The zero-order valence-electron chi connectivity index (χ0n) is 11.9. The molecule has 1 aromatic rings. The predicted molar refractivity (Wildman–Crippen MR) is 87.2 cm³/mol. The number of carbonyl (C=O) groups excluding carboxylic acids is 1. The fourth-order valence-electron chi connectivity index (χ4n) is 2.36. The van der Waals surface area contributed by atoms with Gasteiger partial charge in [0.25, 0.3) is 0 Å². The molecule has 6 heteroatoms. The number of nitrogens with two attached hydrogens (primary N) is 1. The highest BCUT2D eigenvalue weighted by molar-refractivity contribution is 6.30. The van der Waals surface area contributed by atoms with Crippen molar-refractivity contribution in [3.8, 4) is 5.75 Å². The largest absolute Gasteiger partial charge is 0.493 e. The molecule has 0 atom stereocenters. The lowest BCUT2D eigenvalue weighted by atomic mass is 9.92. The van der Waals surface area contributed by atoms with Gasteiger partial charge in [-0.2, -0.15) is 0 Å². The first kappa shape index (κ1) is 18.1. The molecular formula is C15H22Cl2N2O2. The summed E-state index contributed by atoms with van der Waals surface area (Å²) in [7, 11) is 0. The van der Waals surface area contributed by atoms with Gasteiger partial charge in [-0.15, -0.1) is 12.4 Å². The number of ether oxygens (including phenoxy) is 1. The standard InChI is InChI=1S/C15H21ClN2O2.ClH/c16-11-1-7-14(8-2-11)20-10-9-15(19)18-13-5-3-12(17)4-6-13;/h1-2,7-8,12-13H,3-6,9-10,17H2,(H,18,19);1H. The number of hydrogen-bond acceptors (Lipinski definition) is 3. The lowest BCUT2D eigenvalue weighted by Gasteiger charge is -2.26. The maximum atomic E-state index is 11.8. The minimum Gasteiger partial charge on any atom is -0.493 e. The van der Waals surface area contributed by atoms with E-state index in [9.17, 15) is 4.79 Å². The molecule has 0 bridgehead atoms. The van der Waals surface area contributed by atoms with Crippen LogP contribution in [0.1, 0.15) is 32.1 Å². The second-order valence-corrected chi connectivity index (χ2v) is 5.67. The van der Waals surface area contributed by atoms with Gasteiger partial charge < -0.3 is 15.8 Å². The second kappa shape index (κ2) is 9.13. The van der Waals surface area contributed by atoms with Crippen LogP contribution in [0.4, 0.5) is 0 Å². The minimum atomic E-state index is 0. The Bertz CT molecular complexity index is 432. The molecule has 4 nitrogen and oxygen atoms in total. The number of halogens is 2. The van der Waals surface area contributed by atoms with Crippen LogP contribution in [0, 0.1) is 0 Å². The van der Waals surface area contributed by atoms with Crippen molar-refractivity contribution in [1.29, 1.82) is 0 Å². The van der Waals surface area contributed by atoms with Gasteiger partial charge in [0.1, 0.15) is 5.75 Å². The summed E-state index contributed by atoms with van der Waals surface area (Å²) in [5.41, 5.74) is 5.84. The van der Waals surface area contributed by atoms with Crippen molar-refractivity contribution in [3.63, 3.8) is 0 Å². The maximum absolute atomic E-state index is 11.8. The van der Waals surface area contributed by atoms with Crippen LogP contribution >= 0.6 is 24.0 Å². The highest BCUT2D eigenvalue weighted by Crippen LogP contribution is 2.17. The van der Waals surface area contributed by atoms with Crippen LogP contribution < -0.4 is 15.8 Å². The molecule has 0 aromatic heterocycles. The molecule has 1 amide bonds. The lowest BCUT2D eigenvalue weighted by Crippen LogP contribution is -2.40. The molecule has 0 unspecified atom stereocenters. The van der Waals surface area contributed by atoms with Crippen molar-refractivity contribution < 1.29 is 9.53 Å². The van der Waals surface area contributed by atoms with E-state index in [-0.39, 0.29) is 24.4 Å². The molecule has 3 N–H and O–H groups in total. The van der Waals surface area contributed by atoms with E-state index in [2.05, 4.69) is 5.32 Å². The maximum Gasteiger partial charge on any atom is 0.223 e. The third-order valence-corrected chi connectivity index (χ3v) is 3.80. The molecular weight excluding hydrogens is 311 g/mol. The second-order valence-electron chi connectivity index (χ2n) is 5.23. The van der Waals surface area contributed by atoms with E-state index in [0.717, 1.165) is 31.4 Å². The van der Waals surface area contributed by atoms with Gasteiger partial charge in [0, 0.05) is 17.1 Å². The average molecular weight is 333 g/mol. The van der Waals surface area contributed by atoms with E-state index in [0.29, 0.717) is 24.1 Å². The van der Waals surface area contributed by atoms with E-state index in [1.165, 1.54) is 0 Å². The van der Waals surface area contributed by atoms with Crippen molar-refractivity contribution in [3.05, 3.63) is 29.3 Å². The number of carbonyl (C=O) groups is 1. The smallest absolute Gasteiger partial charge is 0.223 e. The summed E-state index contributed by atoms with van der Waals surface area (Å²) in [5, 5.41) is 3.71. The number of amides is 1. The van der Waals surface area contributed by atoms with Gasteiger partial charge in [-0.05, 0) is 49.9 Å². The molecule has 0 heterocycles. The van der Waals surface area contributed by atoms with Crippen LogP contribution in [0.15, 0.2) is 24.3 Å². The number of hydrogen-bond donors (Lipinski definition) is 2. The molecule has 21 heavy (non-hydrogen) atoms. The summed E-state index contributed by atoms with van der Waals surface area (Å²) in [5.74, 6) is 0.769. The van der Waals surface area contributed by atoms with E-state index in [1.54, 1.807) is 24.3 Å². The number of rotatable bonds is 5. The fourth-order valence-corrected chi connectivity index (χ4v) is 2.48. The molecule has 2 rings (SSSR count). The van der Waals surface area contributed by atoms with Gasteiger partial charge in [-0.3, -0.25) is 4.79 Å². The molecule has 1 saturated carbocycles. The monoisotopic (exact) mass is 332 g/mol. The zero-order chi connectivity index (χ0) is 14.4. The van der Waals surface area contributed by atoms with Gasteiger partial charge in [0.2, 0.25) is 5.91 Å². The Morgan fingerprint density at radius 3 is 2.48 bits per heavy atom. The third kappa shape index (κ3) is 6.55. The summed E-state index contributed by atoms with van der Waals surface area (Å²) in [6.07, 6.45) is 4.31. The van der Waals surface area contributed by atoms with E-state index in [1.807, 2.05) is 0 Å². The Kier molecular flexibility index (Phi) is 7.86. The Morgan fingerprint density at radius 2 is 1.86 bits per heavy atom. The Morgan fingerprint density at radius 1 is 1.24 bits per heavy atom. The molecule has 1 aliphatic carbocycles. The number of nitrogens with one attached hydrogen (secondary N) is 1. The van der Waals surface area contributed by atoms with E-state index in [4.69, 9.17) is 22.1 Å². The van der Waals surface area contributed by atoms with Crippen LogP contribution in [-0.2, 0) is 4.79 Å². The first-order chi connectivity index (χ1) is 9.63. The van der Waals surface area contributed by atoms with Gasteiger partial charge in [0.15, 0.2) is 0 Å². The molecule has 0 spiro atoms. The van der Waals surface area contributed by atoms with Gasteiger partial charge in [0.05, 0.1) is 13.0 Å². The Balaban J connectivity index is 0.00000220.